The molecular formula is C24H26N2O7S. The molecule has 0 saturated carbocycles. The van der Waals surface area contributed by atoms with Gasteiger partial charge in [-0.1, -0.05) is 0 Å². The van der Waals surface area contributed by atoms with Gasteiger partial charge in [0.05, 0.1) is 23.6 Å². The second kappa shape index (κ2) is 9.28. The first-order chi connectivity index (χ1) is 16.4. The Labute approximate surface area is 197 Å². The van der Waals surface area contributed by atoms with E-state index >= 15 is 0 Å². The molecule has 9 nitrogen and oxygen atoms in total. The SMILES string of the molecule is COc1ccc(S(=O)(=O)N(Cc2cc3cc4c(cc3[nH]c2=O)OCCO4)CC2CCCO2)cc1. The molecule has 3 heterocycles. The first kappa shape index (κ1) is 22.7. The van der Waals surface area contributed by atoms with Crippen molar-refractivity contribution >= 4 is 20.9 Å². The van der Waals surface area contributed by atoms with E-state index in [-0.39, 0.29) is 29.6 Å². The van der Waals surface area contributed by atoms with Crippen molar-refractivity contribution in [1.29, 1.82) is 0 Å². The summed E-state index contributed by atoms with van der Waals surface area (Å²) < 4.78 is 50.6. The van der Waals surface area contributed by atoms with Crippen LogP contribution in [0.4, 0.5) is 0 Å². The minimum absolute atomic E-state index is 0.0893. The Morgan fingerprint density at radius 2 is 1.79 bits per heavy atom. The number of sulfonamides is 1. The molecule has 2 aliphatic rings. The molecule has 1 fully saturated rings. The first-order valence-electron chi connectivity index (χ1n) is 11.2. The molecule has 1 atom stereocenters. The third kappa shape index (κ3) is 4.48. The summed E-state index contributed by atoms with van der Waals surface area (Å²) in [5, 5.41) is 0.734. The van der Waals surface area contributed by atoms with E-state index in [0.717, 1.165) is 18.2 Å². The number of rotatable bonds is 7. The molecule has 1 unspecified atom stereocenters. The van der Waals surface area contributed by atoms with Crippen molar-refractivity contribution < 1.29 is 27.4 Å². The van der Waals surface area contributed by atoms with Gasteiger partial charge >= 0.3 is 0 Å². The lowest BCUT2D eigenvalue weighted by molar-refractivity contribution is 0.0925. The zero-order valence-electron chi connectivity index (χ0n) is 18.8. The number of fused-ring (bicyclic) bond motifs is 2. The fourth-order valence-corrected chi connectivity index (χ4v) is 5.71. The highest BCUT2D eigenvalue weighted by Crippen LogP contribution is 2.34. The van der Waals surface area contributed by atoms with Gasteiger partial charge in [-0.25, -0.2) is 8.42 Å². The highest BCUT2D eigenvalue weighted by molar-refractivity contribution is 7.89. The first-order valence-corrected chi connectivity index (χ1v) is 12.6. The van der Waals surface area contributed by atoms with Crippen molar-refractivity contribution in [3.05, 3.63) is 58.4 Å². The summed E-state index contributed by atoms with van der Waals surface area (Å²) in [6.45, 7) is 1.57. The van der Waals surface area contributed by atoms with E-state index in [1.807, 2.05) is 0 Å². The van der Waals surface area contributed by atoms with E-state index in [1.165, 1.54) is 23.5 Å². The van der Waals surface area contributed by atoms with Gasteiger partial charge in [0.25, 0.3) is 5.56 Å². The van der Waals surface area contributed by atoms with Crippen LogP contribution in [0, 0.1) is 0 Å². The molecule has 0 spiro atoms. The van der Waals surface area contributed by atoms with Crippen molar-refractivity contribution in [2.75, 3.05) is 33.5 Å². The van der Waals surface area contributed by atoms with Crippen LogP contribution in [-0.4, -0.2) is 57.3 Å². The lowest BCUT2D eigenvalue weighted by atomic mass is 10.1. The fourth-order valence-electron chi connectivity index (χ4n) is 4.26. The number of pyridine rings is 1. The van der Waals surface area contributed by atoms with Gasteiger partial charge < -0.3 is 23.9 Å². The highest BCUT2D eigenvalue weighted by Gasteiger charge is 2.30. The number of benzene rings is 2. The zero-order valence-corrected chi connectivity index (χ0v) is 19.6. The topological polar surface area (TPSA) is 107 Å². The molecule has 2 aromatic carbocycles. The van der Waals surface area contributed by atoms with Gasteiger partial charge in [0.1, 0.15) is 19.0 Å². The Morgan fingerprint density at radius 1 is 1.06 bits per heavy atom. The van der Waals surface area contributed by atoms with Gasteiger partial charge in [-0.2, -0.15) is 4.31 Å². The van der Waals surface area contributed by atoms with Crippen LogP contribution in [0.25, 0.3) is 10.9 Å². The molecule has 0 aliphatic carbocycles. The lowest BCUT2D eigenvalue weighted by Crippen LogP contribution is -2.38. The number of H-pyrrole nitrogens is 1. The maximum absolute atomic E-state index is 13.6. The van der Waals surface area contributed by atoms with E-state index < -0.39 is 10.0 Å². The number of aromatic nitrogens is 1. The number of hydrogen-bond acceptors (Lipinski definition) is 7. The Bertz CT molecular complexity index is 1350. The normalized spacial score (nSPS) is 17.9. The average Bonchev–Trinajstić information content (AvgIpc) is 3.36. The summed E-state index contributed by atoms with van der Waals surface area (Å²) in [7, 11) is -2.37. The number of aromatic amines is 1. The predicted molar refractivity (Wildman–Crippen MR) is 125 cm³/mol. The van der Waals surface area contributed by atoms with Crippen molar-refractivity contribution in [2.24, 2.45) is 0 Å². The van der Waals surface area contributed by atoms with Crippen molar-refractivity contribution in [3.63, 3.8) is 0 Å². The van der Waals surface area contributed by atoms with Crippen LogP contribution in [0.2, 0.25) is 0 Å². The van der Waals surface area contributed by atoms with Crippen LogP contribution in [0.1, 0.15) is 18.4 Å². The Morgan fingerprint density at radius 3 is 2.47 bits per heavy atom. The monoisotopic (exact) mass is 486 g/mol. The fraction of sp³-hybridized carbons (Fsp3) is 0.375. The summed E-state index contributed by atoms with van der Waals surface area (Å²) in [6, 6.07) is 11.4. The van der Waals surface area contributed by atoms with Gasteiger partial charge in [0.15, 0.2) is 11.5 Å². The van der Waals surface area contributed by atoms with E-state index in [2.05, 4.69) is 4.98 Å². The largest absolute Gasteiger partial charge is 0.497 e. The number of nitrogens with one attached hydrogen (secondary N) is 1. The molecule has 3 aromatic rings. The van der Waals surface area contributed by atoms with E-state index in [4.69, 9.17) is 18.9 Å². The maximum atomic E-state index is 13.6. The number of hydrogen-bond donors (Lipinski definition) is 1. The standard InChI is InChI=1S/C24H26N2O7S/c1-30-18-4-6-20(7-5-18)34(28,29)26(15-19-3-2-8-31-19)14-17-11-16-12-22-23(33-10-9-32-22)13-21(16)25-24(17)27/h4-7,11-13,19H,2-3,8-10,14-15H2,1H3,(H,25,27). The van der Waals surface area contributed by atoms with Crippen LogP contribution in [-0.2, 0) is 21.3 Å². The molecule has 1 aromatic heterocycles. The maximum Gasteiger partial charge on any atom is 0.252 e. The van der Waals surface area contributed by atoms with E-state index in [9.17, 15) is 13.2 Å². The van der Waals surface area contributed by atoms with Crippen LogP contribution in [0.15, 0.2) is 52.2 Å². The molecule has 180 valence electrons. The molecule has 1 saturated heterocycles. The van der Waals surface area contributed by atoms with Crippen LogP contribution >= 0.6 is 0 Å². The average molecular weight is 487 g/mol. The summed E-state index contributed by atoms with van der Waals surface area (Å²) in [5.41, 5.74) is 0.576. The van der Waals surface area contributed by atoms with Gasteiger partial charge in [0, 0.05) is 36.7 Å². The van der Waals surface area contributed by atoms with Gasteiger partial charge in [-0.15, -0.1) is 0 Å². The number of ether oxygens (including phenoxy) is 4. The zero-order chi connectivity index (χ0) is 23.7. The Kier molecular flexibility index (Phi) is 6.20. The molecule has 0 radical (unpaired) electrons. The second-order valence-corrected chi connectivity index (χ2v) is 10.3. The minimum Gasteiger partial charge on any atom is -0.497 e. The molecular weight excluding hydrogens is 460 g/mol. The molecule has 0 amide bonds. The molecule has 0 bridgehead atoms. The van der Waals surface area contributed by atoms with Gasteiger partial charge in [-0.05, 0) is 49.2 Å². The van der Waals surface area contributed by atoms with Gasteiger partial charge in [0.2, 0.25) is 10.0 Å². The number of methoxy groups -OCH3 is 1. The van der Waals surface area contributed by atoms with Crippen LogP contribution in [0.5, 0.6) is 17.2 Å². The van der Waals surface area contributed by atoms with E-state index in [0.29, 0.717) is 48.1 Å². The second-order valence-electron chi connectivity index (χ2n) is 8.31. The summed E-state index contributed by atoms with van der Waals surface area (Å²) in [4.78, 5) is 15.9. The molecule has 10 heteroatoms. The Balaban J connectivity index is 1.51. The number of nitrogens with zero attached hydrogens (tertiary/aromatic N) is 1. The summed E-state index contributed by atoms with van der Waals surface area (Å²) in [6.07, 6.45) is 1.43. The highest BCUT2D eigenvalue weighted by atomic mass is 32.2. The van der Waals surface area contributed by atoms with Crippen molar-refractivity contribution in [3.8, 4) is 17.2 Å². The molecule has 2 aliphatic heterocycles. The minimum atomic E-state index is -3.90. The molecule has 1 N–H and O–H groups in total. The predicted octanol–water partition coefficient (Wildman–Crippen LogP) is 2.68. The van der Waals surface area contributed by atoms with Crippen molar-refractivity contribution in [2.45, 2.75) is 30.4 Å². The quantitative estimate of drug-likeness (QED) is 0.547. The Hall–Kier alpha value is -3.08. The summed E-state index contributed by atoms with van der Waals surface area (Å²) >= 11 is 0. The van der Waals surface area contributed by atoms with Crippen LogP contribution < -0.4 is 19.8 Å². The molecule has 5 rings (SSSR count). The van der Waals surface area contributed by atoms with Crippen LogP contribution in [0.3, 0.4) is 0 Å². The summed E-state index contributed by atoms with van der Waals surface area (Å²) in [5.74, 6) is 1.73. The smallest absolute Gasteiger partial charge is 0.252 e. The lowest BCUT2D eigenvalue weighted by Gasteiger charge is -2.25. The van der Waals surface area contributed by atoms with Crippen molar-refractivity contribution in [1.82, 2.24) is 9.29 Å². The third-order valence-electron chi connectivity index (χ3n) is 6.06. The van der Waals surface area contributed by atoms with Gasteiger partial charge in [-0.3, -0.25) is 4.79 Å². The third-order valence-corrected chi connectivity index (χ3v) is 7.88. The molecule has 34 heavy (non-hydrogen) atoms. The van der Waals surface area contributed by atoms with E-state index in [1.54, 1.807) is 30.3 Å².